The molecule has 0 bridgehead atoms. The van der Waals surface area contributed by atoms with Crippen molar-refractivity contribution in [3.8, 4) is 0 Å². The Hall–Kier alpha value is -0.830. The number of allylic oxidation sites excluding steroid dienone is 1. The van der Waals surface area contributed by atoms with E-state index >= 15 is 0 Å². The van der Waals surface area contributed by atoms with Crippen LogP contribution in [0.5, 0.6) is 0 Å². The molecule has 1 rings (SSSR count). The molecule has 0 aromatic rings. The van der Waals surface area contributed by atoms with Crippen LogP contribution >= 0.6 is 0 Å². The number of ether oxygens (including phenoxy) is 1. The van der Waals surface area contributed by atoms with Crippen molar-refractivity contribution in [3.05, 3.63) is 12.2 Å². The summed E-state index contributed by atoms with van der Waals surface area (Å²) in [5, 5.41) is 9.86. The van der Waals surface area contributed by atoms with Gasteiger partial charge in [-0.3, -0.25) is 4.79 Å². The van der Waals surface area contributed by atoms with Crippen molar-refractivity contribution in [1.29, 1.82) is 0 Å². The molecule has 0 saturated carbocycles. The topological polar surface area (TPSA) is 46.5 Å². The van der Waals surface area contributed by atoms with Crippen LogP contribution in [-0.4, -0.2) is 23.8 Å². The molecule has 0 aromatic carbocycles. The molecule has 1 aliphatic rings. The number of esters is 1. The second-order valence-electron chi connectivity index (χ2n) is 6.79. The number of aliphatic hydroxyl groups is 1. The molecule has 3 heteroatoms. The van der Waals surface area contributed by atoms with Gasteiger partial charge in [0, 0.05) is 6.42 Å². The van der Waals surface area contributed by atoms with E-state index in [2.05, 4.69) is 6.08 Å². The molecule has 0 amide bonds. The highest BCUT2D eigenvalue weighted by atomic mass is 16.5. The Labute approximate surface area is 142 Å². The lowest BCUT2D eigenvalue weighted by Gasteiger charge is -2.06. The van der Waals surface area contributed by atoms with Crippen LogP contribution in [0, 0.1) is 0 Å². The predicted octanol–water partition coefficient (Wildman–Crippen LogP) is 5.31. The highest BCUT2D eigenvalue weighted by molar-refractivity contribution is 5.69. The normalized spacial score (nSPS) is 26.7. The van der Waals surface area contributed by atoms with Gasteiger partial charge >= 0.3 is 5.97 Å². The molecule has 1 heterocycles. The van der Waals surface area contributed by atoms with Crippen molar-refractivity contribution >= 4 is 5.97 Å². The fourth-order valence-electron chi connectivity index (χ4n) is 3.01. The standard InChI is InChI=1S/C20H36O3/c21-19-15-11-9-7-5-3-1-2-4-6-8-10-14-18-23-20(22)17-13-12-16-19/h11,15,19,21H,1-10,12-14,16-18H2/b15-11+/t19-/m1/s1. The molecule has 23 heavy (non-hydrogen) atoms. The van der Waals surface area contributed by atoms with E-state index in [-0.39, 0.29) is 12.1 Å². The maximum atomic E-state index is 11.6. The van der Waals surface area contributed by atoms with E-state index in [9.17, 15) is 9.90 Å². The first-order valence-corrected chi connectivity index (χ1v) is 9.79. The minimum Gasteiger partial charge on any atom is -0.466 e. The molecule has 1 N–H and O–H groups in total. The third kappa shape index (κ3) is 13.3. The monoisotopic (exact) mass is 324 g/mol. The fourth-order valence-corrected chi connectivity index (χ4v) is 3.01. The molecular weight excluding hydrogens is 288 g/mol. The lowest BCUT2D eigenvalue weighted by molar-refractivity contribution is -0.143. The van der Waals surface area contributed by atoms with E-state index in [0.717, 1.165) is 32.1 Å². The highest BCUT2D eigenvalue weighted by Crippen LogP contribution is 2.12. The Morgan fingerprint density at radius 1 is 0.826 bits per heavy atom. The molecule has 0 fully saturated rings. The first-order valence-electron chi connectivity index (χ1n) is 9.79. The molecule has 0 spiro atoms. The number of rotatable bonds is 0. The predicted molar refractivity (Wildman–Crippen MR) is 95.4 cm³/mol. The summed E-state index contributed by atoms with van der Waals surface area (Å²) in [6.07, 6.45) is 20.3. The Balaban J connectivity index is 2.22. The number of hydrogen-bond acceptors (Lipinski definition) is 3. The lowest BCUT2D eigenvalue weighted by Crippen LogP contribution is -2.07. The van der Waals surface area contributed by atoms with Gasteiger partial charge in [-0.1, -0.05) is 63.5 Å². The third-order valence-electron chi connectivity index (χ3n) is 4.52. The van der Waals surface area contributed by atoms with Gasteiger partial charge in [-0.25, -0.2) is 0 Å². The molecular formula is C20H36O3. The summed E-state index contributed by atoms with van der Waals surface area (Å²) in [6, 6.07) is 0. The smallest absolute Gasteiger partial charge is 0.305 e. The average Bonchev–Trinajstić information content (AvgIpc) is 2.54. The van der Waals surface area contributed by atoms with Crippen molar-refractivity contribution in [1.82, 2.24) is 0 Å². The summed E-state index contributed by atoms with van der Waals surface area (Å²) in [6.45, 7) is 0.574. The second kappa shape index (κ2) is 14.7. The summed E-state index contributed by atoms with van der Waals surface area (Å²) in [4.78, 5) is 11.6. The van der Waals surface area contributed by atoms with Gasteiger partial charge in [-0.15, -0.1) is 0 Å². The maximum absolute atomic E-state index is 11.6. The number of cyclic esters (lactones) is 1. The summed E-state index contributed by atoms with van der Waals surface area (Å²) in [5.41, 5.74) is 0. The SMILES string of the molecule is O=C1CCCC[C@H](O)/C=C/CCCCCCCCCCCCO1. The summed E-state index contributed by atoms with van der Waals surface area (Å²) in [7, 11) is 0. The maximum Gasteiger partial charge on any atom is 0.305 e. The Morgan fingerprint density at radius 3 is 2.13 bits per heavy atom. The van der Waals surface area contributed by atoms with Gasteiger partial charge in [-0.05, 0) is 38.5 Å². The zero-order chi connectivity index (χ0) is 16.6. The molecule has 0 aliphatic carbocycles. The first kappa shape index (κ1) is 20.2. The summed E-state index contributed by atoms with van der Waals surface area (Å²) < 4.78 is 5.25. The molecule has 134 valence electrons. The largest absolute Gasteiger partial charge is 0.466 e. The lowest BCUT2D eigenvalue weighted by atomic mass is 10.1. The molecule has 0 saturated heterocycles. The van der Waals surface area contributed by atoms with Crippen molar-refractivity contribution in [3.63, 3.8) is 0 Å². The van der Waals surface area contributed by atoms with E-state index in [0.29, 0.717) is 13.0 Å². The van der Waals surface area contributed by atoms with Crippen LogP contribution in [0.15, 0.2) is 12.2 Å². The van der Waals surface area contributed by atoms with Crippen molar-refractivity contribution in [2.24, 2.45) is 0 Å². The van der Waals surface area contributed by atoms with E-state index in [4.69, 9.17) is 4.74 Å². The van der Waals surface area contributed by atoms with Gasteiger partial charge in [0.15, 0.2) is 0 Å². The molecule has 1 atom stereocenters. The van der Waals surface area contributed by atoms with Crippen LogP contribution < -0.4 is 0 Å². The van der Waals surface area contributed by atoms with Crippen LogP contribution in [0.1, 0.15) is 96.3 Å². The Bertz CT molecular complexity index is 312. The van der Waals surface area contributed by atoms with Crippen molar-refractivity contribution in [2.45, 2.75) is 102 Å². The van der Waals surface area contributed by atoms with Gasteiger partial charge in [0.2, 0.25) is 0 Å². The molecule has 0 radical (unpaired) electrons. The zero-order valence-electron chi connectivity index (χ0n) is 14.8. The fraction of sp³-hybridized carbons (Fsp3) is 0.850. The van der Waals surface area contributed by atoms with Crippen molar-refractivity contribution in [2.75, 3.05) is 6.61 Å². The average molecular weight is 325 g/mol. The van der Waals surface area contributed by atoms with Gasteiger partial charge in [-0.2, -0.15) is 0 Å². The number of carbonyl (C=O) groups excluding carboxylic acids is 1. The van der Waals surface area contributed by atoms with Crippen LogP contribution in [0.3, 0.4) is 0 Å². The molecule has 0 aromatic heterocycles. The summed E-state index contributed by atoms with van der Waals surface area (Å²) in [5.74, 6) is -0.0825. The number of hydrogen-bond donors (Lipinski definition) is 1. The van der Waals surface area contributed by atoms with Crippen LogP contribution in [0.4, 0.5) is 0 Å². The number of carbonyl (C=O) groups is 1. The Morgan fingerprint density at radius 2 is 1.43 bits per heavy atom. The van der Waals surface area contributed by atoms with Gasteiger partial charge in [0.25, 0.3) is 0 Å². The minimum absolute atomic E-state index is 0.0825. The molecule has 3 nitrogen and oxygen atoms in total. The zero-order valence-corrected chi connectivity index (χ0v) is 14.8. The third-order valence-corrected chi connectivity index (χ3v) is 4.52. The van der Waals surface area contributed by atoms with E-state index in [1.165, 1.54) is 57.8 Å². The second-order valence-corrected chi connectivity index (χ2v) is 6.79. The van der Waals surface area contributed by atoms with Crippen LogP contribution in [0.2, 0.25) is 0 Å². The molecule has 0 unspecified atom stereocenters. The van der Waals surface area contributed by atoms with E-state index < -0.39 is 0 Å². The quantitative estimate of drug-likeness (QED) is 0.485. The van der Waals surface area contributed by atoms with Crippen LogP contribution in [-0.2, 0) is 9.53 Å². The van der Waals surface area contributed by atoms with Crippen LogP contribution in [0.25, 0.3) is 0 Å². The van der Waals surface area contributed by atoms with Crippen molar-refractivity contribution < 1.29 is 14.6 Å². The first-order chi connectivity index (χ1) is 11.3. The molecule has 1 aliphatic heterocycles. The van der Waals surface area contributed by atoms with Gasteiger partial charge < -0.3 is 9.84 Å². The highest BCUT2D eigenvalue weighted by Gasteiger charge is 2.04. The van der Waals surface area contributed by atoms with E-state index in [1.807, 2.05) is 6.08 Å². The number of aliphatic hydroxyl groups excluding tert-OH is 1. The van der Waals surface area contributed by atoms with Gasteiger partial charge in [0.1, 0.15) is 0 Å². The van der Waals surface area contributed by atoms with E-state index in [1.54, 1.807) is 0 Å². The van der Waals surface area contributed by atoms with Gasteiger partial charge in [0.05, 0.1) is 12.7 Å². The Kier molecular flexibility index (Phi) is 13.0. The minimum atomic E-state index is -0.361. The summed E-state index contributed by atoms with van der Waals surface area (Å²) >= 11 is 0.